The molecule has 1 aliphatic rings. The molecule has 0 saturated carbocycles. The maximum atomic E-state index is 13.1. The number of nitrogens with zero attached hydrogens (tertiary/aromatic N) is 3. The number of pyridine rings is 1. The van der Waals surface area contributed by atoms with Gasteiger partial charge in [0.05, 0.1) is 18.7 Å². The van der Waals surface area contributed by atoms with Gasteiger partial charge >= 0.3 is 0 Å². The monoisotopic (exact) mass is 470 g/mol. The zero-order chi connectivity index (χ0) is 24.0. The summed E-state index contributed by atoms with van der Waals surface area (Å²) in [5, 5.41) is 3.09. The third kappa shape index (κ3) is 5.63. The summed E-state index contributed by atoms with van der Waals surface area (Å²) in [6.07, 6.45) is 5.80. The normalized spacial score (nSPS) is 16.2. The maximum Gasteiger partial charge on any atom is 0.228 e. The minimum absolute atomic E-state index is 0.0410. The van der Waals surface area contributed by atoms with Gasteiger partial charge in [-0.3, -0.25) is 9.69 Å². The molecule has 0 radical (unpaired) electrons. The predicted octanol–water partition coefficient (Wildman–Crippen LogP) is 4.77. The van der Waals surface area contributed by atoms with E-state index in [1.165, 1.54) is 5.56 Å². The summed E-state index contributed by atoms with van der Waals surface area (Å²) in [7, 11) is 1.61. The van der Waals surface area contributed by atoms with Gasteiger partial charge in [-0.05, 0) is 49.2 Å². The summed E-state index contributed by atoms with van der Waals surface area (Å²) >= 11 is 0. The Bertz CT molecular complexity index is 1250. The van der Waals surface area contributed by atoms with Crippen LogP contribution in [0.25, 0.3) is 5.65 Å². The van der Waals surface area contributed by atoms with Crippen molar-refractivity contribution in [2.45, 2.75) is 26.0 Å². The van der Waals surface area contributed by atoms with Crippen LogP contribution < -0.4 is 14.8 Å². The molecule has 1 amide bonds. The fourth-order valence-electron chi connectivity index (χ4n) is 4.57. The van der Waals surface area contributed by atoms with E-state index in [2.05, 4.69) is 39.5 Å². The van der Waals surface area contributed by atoms with Crippen molar-refractivity contribution in [3.8, 4) is 11.5 Å². The molecule has 0 aliphatic carbocycles. The van der Waals surface area contributed by atoms with E-state index in [1.54, 1.807) is 7.11 Å². The molecule has 180 valence electrons. The van der Waals surface area contributed by atoms with E-state index < -0.39 is 0 Å². The average molecular weight is 471 g/mol. The minimum Gasteiger partial charge on any atom is -0.493 e. The van der Waals surface area contributed by atoms with Gasteiger partial charge in [0.25, 0.3) is 0 Å². The second-order valence-corrected chi connectivity index (χ2v) is 8.90. The number of aromatic nitrogens is 2. The molecule has 0 spiro atoms. The number of rotatable bonds is 8. The van der Waals surface area contributed by atoms with E-state index in [9.17, 15) is 4.79 Å². The van der Waals surface area contributed by atoms with Crippen molar-refractivity contribution in [3.05, 3.63) is 90.4 Å². The van der Waals surface area contributed by atoms with Gasteiger partial charge in [0.15, 0.2) is 11.5 Å². The molecule has 7 nitrogen and oxygen atoms in total. The maximum absolute atomic E-state index is 13.1. The first-order valence-corrected chi connectivity index (χ1v) is 12.0. The third-order valence-electron chi connectivity index (χ3n) is 6.35. The Morgan fingerprint density at radius 2 is 1.94 bits per heavy atom. The van der Waals surface area contributed by atoms with E-state index in [-0.39, 0.29) is 11.8 Å². The Hall–Kier alpha value is -3.84. The number of methoxy groups -OCH3 is 1. The van der Waals surface area contributed by atoms with Crippen molar-refractivity contribution in [3.63, 3.8) is 0 Å². The molecule has 1 unspecified atom stereocenters. The highest BCUT2D eigenvalue weighted by Gasteiger charge is 2.26. The molecule has 1 fully saturated rings. The Balaban J connectivity index is 1.22. The van der Waals surface area contributed by atoms with Gasteiger partial charge in [0.1, 0.15) is 12.3 Å². The number of piperidine rings is 1. The minimum atomic E-state index is -0.0445. The number of hydrogen-bond donors (Lipinski definition) is 1. The lowest BCUT2D eigenvalue weighted by atomic mass is 9.96. The summed E-state index contributed by atoms with van der Waals surface area (Å²) in [5.74, 6) is 1.17. The second-order valence-electron chi connectivity index (χ2n) is 8.90. The smallest absolute Gasteiger partial charge is 0.228 e. The Morgan fingerprint density at radius 3 is 2.77 bits per heavy atom. The summed E-state index contributed by atoms with van der Waals surface area (Å²) in [6.45, 7) is 2.94. The fraction of sp³-hybridized carbons (Fsp3) is 0.286. The van der Waals surface area contributed by atoms with Gasteiger partial charge in [-0.2, -0.15) is 0 Å². The number of nitrogens with one attached hydrogen (secondary N) is 1. The highest BCUT2D eigenvalue weighted by atomic mass is 16.5. The van der Waals surface area contributed by atoms with Gasteiger partial charge < -0.3 is 19.2 Å². The molecule has 1 saturated heterocycles. The van der Waals surface area contributed by atoms with Crippen LogP contribution >= 0.6 is 0 Å². The predicted molar refractivity (Wildman–Crippen MR) is 136 cm³/mol. The number of imidazole rings is 1. The number of carbonyl (C=O) groups excluding carboxylic acids is 1. The largest absolute Gasteiger partial charge is 0.493 e. The molecule has 1 aliphatic heterocycles. The molecular weight excluding hydrogens is 440 g/mol. The molecule has 7 heteroatoms. The molecular formula is C28H30N4O3. The quantitative estimate of drug-likeness (QED) is 0.402. The van der Waals surface area contributed by atoms with Crippen molar-refractivity contribution in [1.82, 2.24) is 14.3 Å². The van der Waals surface area contributed by atoms with E-state index in [1.807, 2.05) is 59.3 Å². The summed E-state index contributed by atoms with van der Waals surface area (Å²) < 4.78 is 13.5. The summed E-state index contributed by atoms with van der Waals surface area (Å²) in [4.78, 5) is 20.0. The highest BCUT2D eigenvalue weighted by Crippen LogP contribution is 2.31. The van der Waals surface area contributed by atoms with E-state index in [4.69, 9.17) is 9.47 Å². The van der Waals surface area contributed by atoms with Gasteiger partial charge in [-0.15, -0.1) is 0 Å². The van der Waals surface area contributed by atoms with Crippen LogP contribution in [0.15, 0.2) is 79.1 Å². The number of fused-ring (bicyclic) bond motifs is 1. The number of carbonyl (C=O) groups is 1. The zero-order valence-corrected chi connectivity index (χ0v) is 19.9. The van der Waals surface area contributed by atoms with Gasteiger partial charge in [-0.1, -0.05) is 36.4 Å². The van der Waals surface area contributed by atoms with Crippen LogP contribution in [-0.2, 0) is 17.9 Å². The molecule has 1 N–H and O–H groups in total. The lowest BCUT2D eigenvalue weighted by Gasteiger charge is -2.32. The number of hydrogen-bond acceptors (Lipinski definition) is 5. The lowest BCUT2D eigenvalue weighted by Crippen LogP contribution is -2.40. The number of ether oxygens (including phenoxy) is 2. The van der Waals surface area contributed by atoms with Gasteiger partial charge in [0, 0.05) is 37.2 Å². The van der Waals surface area contributed by atoms with Crippen molar-refractivity contribution in [1.29, 1.82) is 0 Å². The Morgan fingerprint density at radius 1 is 1.09 bits per heavy atom. The standard InChI is InChI=1S/C28H30N4O3/c1-34-25-13-12-23(16-26(25)35-20-24-19-32-15-6-5-11-27(32)29-24)30-28(33)22-10-7-14-31(18-22)17-21-8-3-2-4-9-21/h2-6,8-9,11-13,15-16,19,22H,7,10,14,17-18,20H2,1H3,(H,30,33). The van der Waals surface area contributed by atoms with E-state index in [0.717, 1.165) is 43.8 Å². The molecule has 35 heavy (non-hydrogen) atoms. The van der Waals surface area contributed by atoms with Crippen molar-refractivity contribution >= 4 is 17.2 Å². The number of benzene rings is 2. The number of anilines is 1. The summed E-state index contributed by atoms with van der Waals surface area (Å²) in [6, 6.07) is 21.8. The van der Waals surface area contributed by atoms with E-state index >= 15 is 0 Å². The molecule has 4 aromatic rings. The van der Waals surface area contributed by atoms with Crippen LogP contribution in [0.3, 0.4) is 0 Å². The van der Waals surface area contributed by atoms with Crippen LogP contribution in [0.2, 0.25) is 0 Å². The highest BCUT2D eigenvalue weighted by molar-refractivity contribution is 5.93. The fourth-order valence-corrected chi connectivity index (χ4v) is 4.57. The van der Waals surface area contributed by atoms with Crippen LogP contribution in [0.5, 0.6) is 11.5 Å². The Kier molecular flexibility index (Phi) is 6.95. The number of likely N-dealkylation sites (tertiary alicyclic amines) is 1. The molecule has 2 aromatic carbocycles. The van der Waals surface area contributed by atoms with Crippen LogP contribution in [0.1, 0.15) is 24.1 Å². The SMILES string of the molecule is COc1ccc(NC(=O)C2CCCN(Cc3ccccc3)C2)cc1OCc1cn2ccccc2n1. The molecule has 5 rings (SSSR count). The molecule has 3 heterocycles. The molecule has 1 atom stereocenters. The second kappa shape index (κ2) is 10.6. The first-order valence-electron chi connectivity index (χ1n) is 12.0. The van der Waals surface area contributed by atoms with Crippen LogP contribution in [0.4, 0.5) is 5.69 Å². The van der Waals surface area contributed by atoms with Crippen LogP contribution in [0, 0.1) is 5.92 Å². The molecule has 2 aromatic heterocycles. The third-order valence-corrected chi connectivity index (χ3v) is 6.35. The average Bonchev–Trinajstić information content (AvgIpc) is 3.31. The Labute approximate surface area is 205 Å². The first-order chi connectivity index (χ1) is 17.2. The first kappa shape index (κ1) is 22.9. The molecule has 0 bridgehead atoms. The summed E-state index contributed by atoms with van der Waals surface area (Å²) in [5.41, 5.74) is 3.65. The van der Waals surface area contributed by atoms with Gasteiger partial charge in [-0.25, -0.2) is 4.98 Å². The lowest BCUT2D eigenvalue weighted by molar-refractivity contribution is -0.121. The van der Waals surface area contributed by atoms with Crippen molar-refractivity contribution in [2.75, 3.05) is 25.5 Å². The number of amides is 1. The van der Waals surface area contributed by atoms with Crippen molar-refractivity contribution < 1.29 is 14.3 Å². The van der Waals surface area contributed by atoms with Crippen LogP contribution in [-0.4, -0.2) is 40.4 Å². The van der Waals surface area contributed by atoms with E-state index in [0.29, 0.717) is 23.8 Å². The topological polar surface area (TPSA) is 68.1 Å². The zero-order valence-electron chi connectivity index (χ0n) is 19.9. The van der Waals surface area contributed by atoms with Crippen molar-refractivity contribution in [2.24, 2.45) is 5.92 Å². The van der Waals surface area contributed by atoms with Gasteiger partial charge in [0.2, 0.25) is 5.91 Å².